The van der Waals surface area contributed by atoms with Crippen LogP contribution in [0.5, 0.6) is 0 Å². The second-order valence-electron chi connectivity index (χ2n) is 6.42. The summed E-state index contributed by atoms with van der Waals surface area (Å²) in [6, 6.07) is 5.87. The van der Waals surface area contributed by atoms with E-state index in [0.29, 0.717) is 19.3 Å². The maximum absolute atomic E-state index is 13.2. The number of halogens is 1. The number of likely N-dealkylation sites (tertiary alicyclic amines) is 1. The first kappa shape index (κ1) is 17.6. The van der Waals surface area contributed by atoms with Gasteiger partial charge >= 0.3 is 0 Å². The zero-order chi connectivity index (χ0) is 18.0. The van der Waals surface area contributed by atoms with Gasteiger partial charge in [-0.1, -0.05) is 31.1 Å². The molecule has 1 N–H and O–H groups in total. The van der Waals surface area contributed by atoms with E-state index in [2.05, 4.69) is 5.16 Å². The van der Waals surface area contributed by atoms with Gasteiger partial charge in [-0.3, -0.25) is 4.79 Å². The molecule has 2 atom stereocenters. The molecule has 0 saturated carbocycles. The molecule has 5 nitrogen and oxygen atoms in total. The smallest absolute Gasteiger partial charge is 0.227 e. The van der Waals surface area contributed by atoms with E-state index in [9.17, 15) is 14.3 Å². The summed E-state index contributed by atoms with van der Waals surface area (Å²) >= 11 is 0. The number of aliphatic hydroxyl groups excluding tert-OH is 1. The van der Waals surface area contributed by atoms with Crippen molar-refractivity contribution in [3.8, 4) is 0 Å². The maximum atomic E-state index is 13.2. The predicted molar refractivity (Wildman–Crippen MR) is 90.4 cm³/mol. The topological polar surface area (TPSA) is 66.6 Å². The summed E-state index contributed by atoms with van der Waals surface area (Å²) in [4.78, 5) is 14.6. The molecule has 1 saturated heterocycles. The lowest BCUT2D eigenvalue weighted by Gasteiger charge is -2.25. The Balaban J connectivity index is 1.82. The minimum absolute atomic E-state index is 0.0709. The second-order valence-corrected chi connectivity index (χ2v) is 6.42. The first-order valence-corrected chi connectivity index (χ1v) is 8.72. The van der Waals surface area contributed by atoms with Crippen LogP contribution in [0.15, 0.2) is 28.8 Å². The molecule has 0 bridgehead atoms. The van der Waals surface area contributed by atoms with Crippen molar-refractivity contribution in [1.82, 2.24) is 10.1 Å². The molecule has 3 rings (SSSR count). The number of aliphatic hydroxyl groups is 1. The van der Waals surface area contributed by atoms with E-state index < -0.39 is 6.10 Å². The lowest BCUT2D eigenvalue weighted by molar-refractivity contribution is -0.131. The largest absolute Gasteiger partial charge is 0.391 e. The highest BCUT2D eigenvalue weighted by Crippen LogP contribution is 2.33. The van der Waals surface area contributed by atoms with E-state index in [4.69, 9.17) is 4.52 Å². The van der Waals surface area contributed by atoms with Crippen LogP contribution in [0.25, 0.3) is 0 Å². The number of aromatic nitrogens is 1. The predicted octanol–water partition coefficient (Wildman–Crippen LogP) is 2.82. The summed E-state index contributed by atoms with van der Waals surface area (Å²) in [7, 11) is 0. The highest BCUT2D eigenvalue weighted by Gasteiger charge is 2.35. The Morgan fingerprint density at radius 1 is 1.32 bits per heavy atom. The number of benzene rings is 1. The first-order chi connectivity index (χ1) is 12.0. The van der Waals surface area contributed by atoms with E-state index in [0.717, 1.165) is 22.6 Å². The Morgan fingerprint density at radius 2 is 2.04 bits per heavy atom. The Morgan fingerprint density at radius 3 is 2.68 bits per heavy atom. The summed E-state index contributed by atoms with van der Waals surface area (Å²) < 4.78 is 18.5. The molecule has 1 amide bonds. The van der Waals surface area contributed by atoms with Gasteiger partial charge in [0.25, 0.3) is 0 Å². The zero-order valence-electron chi connectivity index (χ0n) is 14.5. The second kappa shape index (κ2) is 7.35. The third-order valence-corrected chi connectivity index (χ3v) is 4.79. The van der Waals surface area contributed by atoms with Crippen LogP contribution in [-0.4, -0.2) is 33.7 Å². The normalized spacial score (nSPS) is 20.2. The molecule has 1 aliphatic rings. The van der Waals surface area contributed by atoms with E-state index in [1.165, 1.54) is 12.1 Å². The van der Waals surface area contributed by atoms with Gasteiger partial charge < -0.3 is 14.5 Å². The molecular formula is C19H23FN2O3. The third-order valence-electron chi connectivity index (χ3n) is 4.79. The molecule has 0 radical (unpaired) electrons. The molecule has 2 unspecified atom stereocenters. The molecule has 134 valence electrons. The molecule has 1 aromatic carbocycles. The van der Waals surface area contributed by atoms with Crippen molar-refractivity contribution in [3.05, 3.63) is 52.7 Å². The minimum atomic E-state index is -0.572. The number of nitrogens with zero attached hydrogens (tertiary/aromatic N) is 2. The summed E-state index contributed by atoms with van der Waals surface area (Å²) in [5.74, 6) is 0.353. The number of amides is 1. The van der Waals surface area contributed by atoms with Crippen molar-refractivity contribution < 1.29 is 18.8 Å². The molecule has 2 aromatic rings. The Labute approximate surface area is 146 Å². The fraction of sp³-hybridized carbons (Fsp3) is 0.474. The van der Waals surface area contributed by atoms with Crippen molar-refractivity contribution in [2.45, 2.75) is 51.7 Å². The van der Waals surface area contributed by atoms with Gasteiger partial charge in [-0.15, -0.1) is 0 Å². The highest BCUT2D eigenvalue weighted by molar-refractivity contribution is 5.80. The number of carbonyl (C=O) groups is 1. The fourth-order valence-corrected chi connectivity index (χ4v) is 3.48. The van der Waals surface area contributed by atoms with Gasteiger partial charge in [0.05, 0.1) is 24.3 Å². The SMILES string of the molecule is CCc1noc(CC)c1CC(=O)N1CC(O)CC1c1ccc(F)cc1. The van der Waals surface area contributed by atoms with Crippen LogP contribution in [0.2, 0.25) is 0 Å². The zero-order valence-corrected chi connectivity index (χ0v) is 14.5. The Hall–Kier alpha value is -2.21. The van der Waals surface area contributed by atoms with E-state index in [-0.39, 0.29) is 30.7 Å². The van der Waals surface area contributed by atoms with Gasteiger partial charge in [-0.2, -0.15) is 0 Å². The average Bonchev–Trinajstić information content (AvgIpc) is 3.18. The van der Waals surface area contributed by atoms with Crippen LogP contribution in [-0.2, 0) is 24.1 Å². The lowest BCUT2D eigenvalue weighted by Crippen LogP contribution is -2.33. The van der Waals surface area contributed by atoms with Gasteiger partial charge in [-0.05, 0) is 30.5 Å². The van der Waals surface area contributed by atoms with E-state index in [1.54, 1.807) is 17.0 Å². The highest BCUT2D eigenvalue weighted by atomic mass is 19.1. The van der Waals surface area contributed by atoms with Crippen LogP contribution in [0, 0.1) is 5.82 Å². The van der Waals surface area contributed by atoms with Crippen LogP contribution in [0.1, 0.15) is 48.9 Å². The number of rotatable bonds is 5. The van der Waals surface area contributed by atoms with Crippen molar-refractivity contribution in [2.75, 3.05) is 6.54 Å². The molecule has 1 fully saturated rings. The molecule has 0 spiro atoms. The number of β-amino-alcohol motifs (C(OH)–C–C–N with tert-alkyl or cyclic N) is 1. The Bertz CT molecular complexity index is 720. The number of carbonyl (C=O) groups excluding carboxylic acids is 1. The number of hydrogen-bond donors (Lipinski definition) is 1. The minimum Gasteiger partial charge on any atom is -0.391 e. The fourth-order valence-electron chi connectivity index (χ4n) is 3.48. The van der Waals surface area contributed by atoms with Crippen LogP contribution in [0.3, 0.4) is 0 Å². The van der Waals surface area contributed by atoms with Gasteiger partial charge in [0, 0.05) is 18.5 Å². The summed E-state index contributed by atoms with van der Waals surface area (Å²) in [6.07, 6.45) is 1.48. The molecule has 6 heteroatoms. The summed E-state index contributed by atoms with van der Waals surface area (Å²) in [6.45, 7) is 4.23. The van der Waals surface area contributed by atoms with Crippen LogP contribution < -0.4 is 0 Å². The first-order valence-electron chi connectivity index (χ1n) is 8.72. The molecule has 1 aliphatic heterocycles. The van der Waals surface area contributed by atoms with E-state index >= 15 is 0 Å². The lowest BCUT2D eigenvalue weighted by atomic mass is 10.0. The number of hydrogen-bond acceptors (Lipinski definition) is 4. The quantitative estimate of drug-likeness (QED) is 0.904. The number of aryl methyl sites for hydroxylation is 2. The van der Waals surface area contributed by atoms with Crippen molar-refractivity contribution in [2.24, 2.45) is 0 Å². The van der Waals surface area contributed by atoms with Gasteiger partial charge in [0.2, 0.25) is 5.91 Å². The van der Waals surface area contributed by atoms with E-state index in [1.807, 2.05) is 13.8 Å². The van der Waals surface area contributed by atoms with Gasteiger partial charge in [0.15, 0.2) is 0 Å². The molecule has 0 aliphatic carbocycles. The molecule has 2 heterocycles. The van der Waals surface area contributed by atoms with Crippen molar-refractivity contribution in [3.63, 3.8) is 0 Å². The van der Waals surface area contributed by atoms with Crippen molar-refractivity contribution >= 4 is 5.91 Å². The molecule has 1 aromatic heterocycles. The van der Waals surface area contributed by atoms with Crippen LogP contribution >= 0.6 is 0 Å². The summed E-state index contributed by atoms with van der Waals surface area (Å²) in [5.41, 5.74) is 2.50. The summed E-state index contributed by atoms with van der Waals surface area (Å²) in [5, 5.41) is 14.1. The standard InChI is InChI=1S/C19H23FN2O3/c1-3-16-15(18(4-2)25-21-16)10-19(24)22-11-14(23)9-17(22)12-5-7-13(20)8-6-12/h5-8,14,17,23H,3-4,9-11H2,1-2H3. The maximum Gasteiger partial charge on any atom is 0.227 e. The average molecular weight is 346 g/mol. The molecular weight excluding hydrogens is 323 g/mol. The van der Waals surface area contributed by atoms with Crippen molar-refractivity contribution in [1.29, 1.82) is 0 Å². The Kier molecular flexibility index (Phi) is 5.18. The monoisotopic (exact) mass is 346 g/mol. The van der Waals surface area contributed by atoms with Gasteiger partial charge in [0.1, 0.15) is 11.6 Å². The van der Waals surface area contributed by atoms with Gasteiger partial charge in [-0.25, -0.2) is 4.39 Å². The van der Waals surface area contributed by atoms with Crippen LogP contribution in [0.4, 0.5) is 4.39 Å². The third kappa shape index (κ3) is 3.58. The molecule has 25 heavy (non-hydrogen) atoms.